The number of allylic oxidation sites excluding steroid dienone is 1. The van der Waals surface area contributed by atoms with Gasteiger partial charge >= 0.3 is 0 Å². The van der Waals surface area contributed by atoms with E-state index in [1.165, 1.54) is 0 Å². The molecule has 0 saturated heterocycles. The molecule has 0 amide bonds. The summed E-state index contributed by atoms with van der Waals surface area (Å²) in [7, 11) is 0. The Morgan fingerprint density at radius 3 is 2.83 bits per heavy atom. The Balaban J connectivity index is 2.52. The van der Waals surface area contributed by atoms with E-state index in [0.29, 0.717) is 5.75 Å². The second-order valence-electron chi connectivity index (χ2n) is 2.44. The average Bonchev–Trinajstić information content (AvgIpc) is 2.17. The lowest BCUT2D eigenvalue weighted by Crippen LogP contribution is -1.98. The first-order valence-electron chi connectivity index (χ1n) is 3.60. The molecule has 12 heavy (non-hydrogen) atoms. The van der Waals surface area contributed by atoms with Crippen LogP contribution < -0.4 is 4.74 Å². The van der Waals surface area contributed by atoms with Gasteiger partial charge in [0.15, 0.2) is 5.94 Å². The van der Waals surface area contributed by atoms with Crippen LogP contribution in [0.3, 0.4) is 0 Å². The topological polar surface area (TPSA) is 26.3 Å². The number of rotatable bonds is 0. The first kappa shape index (κ1) is 6.89. The second kappa shape index (κ2) is 2.68. The molecule has 0 bridgehead atoms. The molecule has 0 aromatic heterocycles. The normalized spacial score (nSPS) is 13.2. The zero-order valence-corrected chi connectivity index (χ0v) is 6.28. The summed E-state index contributed by atoms with van der Waals surface area (Å²) in [6.07, 6.45) is 3.44. The summed E-state index contributed by atoms with van der Waals surface area (Å²) in [5, 5.41) is 0. The Kier molecular flexibility index (Phi) is 1.54. The van der Waals surface area contributed by atoms with E-state index in [9.17, 15) is 4.79 Å². The van der Waals surface area contributed by atoms with Crippen molar-refractivity contribution in [1.29, 1.82) is 0 Å². The quantitative estimate of drug-likeness (QED) is 0.538. The Bertz CT molecular complexity index is 385. The van der Waals surface area contributed by atoms with Crippen molar-refractivity contribution in [3.8, 4) is 5.75 Å². The molecule has 0 aliphatic carbocycles. The average molecular weight is 158 g/mol. The maximum atomic E-state index is 10.2. The molecule has 0 atom stereocenters. The van der Waals surface area contributed by atoms with E-state index in [4.69, 9.17) is 4.74 Å². The molecule has 1 heterocycles. The highest BCUT2D eigenvalue weighted by molar-refractivity contribution is 5.68. The van der Waals surface area contributed by atoms with Crippen LogP contribution in [0.4, 0.5) is 0 Å². The van der Waals surface area contributed by atoms with Crippen molar-refractivity contribution in [1.82, 2.24) is 0 Å². The fourth-order valence-corrected chi connectivity index (χ4v) is 1.08. The summed E-state index contributed by atoms with van der Waals surface area (Å²) < 4.78 is 5.19. The van der Waals surface area contributed by atoms with Gasteiger partial charge in [0.2, 0.25) is 5.76 Å². The predicted octanol–water partition coefficient (Wildman–Crippen LogP) is 1.81. The molecule has 2 heteroatoms. The zero-order valence-electron chi connectivity index (χ0n) is 6.28. The first-order valence-corrected chi connectivity index (χ1v) is 3.60. The highest BCUT2D eigenvalue weighted by Gasteiger charge is 2.07. The van der Waals surface area contributed by atoms with E-state index < -0.39 is 0 Å². The minimum atomic E-state index is 0.230. The van der Waals surface area contributed by atoms with Gasteiger partial charge in [0, 0.05) is 5.56 Å². The molecule has 1 aliphatic rings. The monoisotopic (exact) mass is 158 g/mol. The maximum Gasteiger partial charge on any atom is 0.210 e. The number of carbonyl (C=O) groups excluding carboxylic acids is 1. The van der Waals surface area contributed by atoms with Gasteiger partial charge in [-0.25, -0.2) is 4.79 Å². The van der Waals surface area contributed by atoms with Gasteiger partial charge in [-0.05, 0) is 18.2 Å². The van der Waals surface area contributed by atoms with E-state index in [2.05, 4.69) is 0 Å². The van der Waals surface area contributed by atoms with Crippen molar-refractivity contribution in [3.05, 3.63) is 41.7 Å². The molecule has 1 aromatic carbocycles. The standard InChI is InChI=1S/C10H6O2/c11-7-9-6-5-8-3-1-2-4-10(8)12-9/h1-6H. The molecule has 0 N–H and O–H groups in total. The minimum Gasteiger partial charge on any atom is -0.445 e. The number of hydrogen-bond donors (Lipinski definition) is 0. The Morgan fingerprint density at radius 1 is 1.17 bits per heavy atom. The molecule has 0 radical (unpaired) electrons. The smallest absolute Gasteiger partial charge is 0.210 e. The second-order valence-corrected chi connectivity index (χ2v) is 2.44. The third kappa shape index (κ3) is 1.04. The molecule has 1 aromatic rings. The molecule has 0 spiro atoms. The van der Waals surface area contributed by atoms with Gasteiger partial charge in [-0.1, -0.05) is 18.2 Å². The SMILES string of the molecule is O=C=C1C=Cc2ccccc2O1. The van der Waals surface area contributed by atoms with Crippen LogP contribution in [0.15, 0.2) is 36.1 Å². The Labute approximate surface area is 69.8 Å². The molecule has 0 fully saturated rings. The number of ether oxygens (including phenoxy) is 1. The van der Waals surface area contributed by atoms with Crippen LogP contribution in [0.25, 0.3) is 6.08 Å². The summed E-state index contributed by atoms with van der Waals surface area (Å²) >= 11 is 0. The van der Waals surface area contributed by atoms with Crippen molar-refractivity contribution >= 4 is 12.0 Å². The largest absolute Gasteiger partial charge is 0.445 e. The third-order valence-corrected chi connectivity index (χ3v) is 1.65. The van der Waals surface area contributed by atoms with Crippen LogP contribution in [0.5, 0.6) is 5.75 Å². The summed E-state index contributed by atoms with van der Waals surface area (Å²) in [5.41, 5.74) is 0.983. The van der Waals surface area contributed by atoms with E-state index in [1.54, 1.807) is 12.0 Å². The fourth-order valence-electron chi connectivity index (χ4n) is 1.08. The lowest BCUT2D eigenvalue weighted by Gasteiger charge is -2.10. The van der Waals surface area contributed by atoms with Crippen LogP contribution in [0.1, 0.15) is 5.56 Å². The van der Waals surface area contributed by atoms with Gasteiger partial charge in [0.1, 0.15) is 5.75 Å². The first-order chi connectivity index (χ1) is 5.90. The number of fused-ring (bicyclic) bond motifs is 1. The summed E-state index contributed by atoms with van der Waals surface area (Å²) in [5.74, 6) is 2.64. The summed E-state index contributed by atoms with van der Waals surface area (Å²) in [6.45, 7) is 0. The van der Waals surface area contributed by atoms with Crippen molar-refractivity contribution in [2.24, 2.45) is 0 Å². The lowest BCUT2D eigenvalue weighted by atomic mass is 10.1. The van der Waals surface area contributed by atoms with Crippen molar-refractivity contribution in [2.75, 3.05) is 0 Å². The molecule has 0 saturated carbocycles. The molecule has 2 nitrogen and oxygen atoms in total. The van der Waals surface area contributed by atoms with Crippen LogP contribution in [0, 0.1) is 0 Å². The lowest BCUT2D eigenvalue weighted by molar-refractivity contribution is 0.438. The Morgan fingerprint density at radius 2 is 2.00 bits per heavy atom. The van der Waals surface area contributed by atoms with Gasteiger partial charge < -0.3 is 4.74 Å². The number of para-hydroxylation sites is 1. The van der Waals surface area contributed by atoms with Crippen molar-refractivity contribution in [3.63, 3.8) is 0 Å². The fraction of sp³-hybridized carbons (Fsp3) is 0. The van der Waals surface area contributed by atoms with Crippen LogP contribution >= 0.6 is 0 Å². The molecular formula is C10H6O2. The van der Waals surface area contributed by atoms with Gasteiger partial charge in [0.25, 0.3) is 0 Å². The van der Waals surface area contributed by atoms with E-state index >= 15 is 0 Å². The third-order valence-electron chi connectivity index (χ3n) is 1.65. The molecule has 58 valence electrons. The van der Waals surface area contributed by atoms with Crippen LogP contribution in [0.2, 0.25) is 0 Å². The van der Waals surface area contributed by atoms with Crippen molar-refractivity contribution < 1.29 is 9.53 Å². The van der Waals surface area contributed by atoms with E-state index in [1.807, 2.05) is 30.3 Å². The Hall–Kier alpha value is -1.79. The van der Waals surface area contributed by atoms with Gasteiger partial charge in [-0.15, -0.1) is 0 Å². The predicted molar refractivity (Wildman–Crippen MR) is 45.3 cm³/mol. The van der Waals surface area contributed by atoms with Crippen LogP contribution in [-0.4, -0.2) is 5.94 Å². The number of benzene rings is 1. The maximum absolute atomic E-state index is 10.2. The molecule has 2 rings (SSSR count). The number of hydrogen-bond acceptors (Lipinski definition) is 2. The minimum absolute atomic E-state index is 0.230. The highest BCUT2D eigenvalue weighted by atomic mass is 16.5. The summed E-state index contributed by atoms with van der Waals surface area (Å²) in [6, 6.07) is 7.52. The highest BCUT2D eigenvalue weighted by Crippen LogP contribution is 2.25. The zero-order chi connectivity index (χ0) is 8.39. The van der Waals surface area contributed by atoms with Crippen LogP contribution in [-0.2, 0) is 4.79 Å². The van der Waals surface area contributed by atoms with E-state index in [-0.39, 0.29) is 5.76 Å². The van der Waals surface area contributed by atoms with Gasteiger partial charge in [0.05, 0.1) is 0 Å². The van der Waals surface area contributed by atoms with Crippen molar-refractivity contribution in [2.45, 2.75) is 0 Å². The summed E-state index contributed by atoms with van der Waals surface area (Å²) in [4.78, 5) is 10.2. The van der Waals surface area contributed by atoms with Gasteiger partial charge in [-0.3, -0.25) is 0 Å². The molecule has 0 unspecified atom stereocenters. The van der Waals surface area contributed by atoms with Gasteiger partial charge in [-0.2, -0.15) is 0 Å². The van der Waals surface area contributed by atoms with E-state index in [0.717, 1.165) is 5.56 Å². The molecular weight excluding hydrogens is 152 g/mol. The molecule has 1 aliphatic heterocycles.